The molecule has 0 fully saturated rings. The minimum atomic E-state index is -4.25. The molecule has 1 aromatic carbocycles. The Balaban J connectivity index is 3.54. The first-order valence-electron chi connectivity index (χ1n) is 6.47. The Morgan fingerprint density at radius 1 is 0.842 bits per heavy atom. The molecule has 0 aromatic heterocycles. The predicted molar refractivity (Wildman–Crippen MR) is 73.7 cm³/mol. The summed E-state index contributed by atoms with van der Waals surface area (Å²) in [5, 5.41) is 0. The lowest BCUT2D eigenvalue weighted by atomic mass is 9.76. The summed E-state index contributed by atoms with van der Waals surface area (Å²) in [6.07, 6.45) is -4.25. The van der Waals surface area contributed by atoms with Crippen LogP contribution in [0, 0.1) is 13.8 Å². The minimum absolute atomic E-state index is 0.160. The summed E-state index contributed by atoms with van der Waals surface area (Å²) >= 11 is 0. The van der Waals surface area contributed by atoms with Crippen molar-refractivity contribution >= 4 is 0 Å². The van der Waals surface area contributed by atoms with E-state index in [1.807, 2.05) is 34.6 Å². The zero-order chi connectivity index (χ0) is 15.2. The van der Waals surface area contributed by atoms with E-state index in [0.29, 0.717) is 5.56 Å². The standard InChI is InChI=1S/C16H23F3/c1-10-8-12(15(6,7)16(17,18)19)9-13(11(10)2)14(3,4)5/h8-9H,1-7H3. The third-order valence-corrected chi connectivity index (χ3v) is 3.91. The molecule has 3 heteroatoms. The van der Waals surface area contributed by atoms with E-state index in [1.165, 1.54) is 13.8 Å². The highest BCUT2D eigenvalue weighted by Crippen LogP contribution is 2.42. The SMILES string of the molecule is Cc1cc(C(C)(C)C(F)(F)F)cc(C(C)(C)C)c1C. The molecule has 0 aliphatic rings. The maximum Gasteiger partial charge on any atom is 0.397 e. The summed E-state index contributed by atoms with van der Waals surface area (Å²) in [6, 6.07) is 3.38. The molecule has 0 N–H and O–H groups in total. The third-order valence-electron chi connectivity index (χ3n) is 3.91. The quantitative estimate of drug-likeness (QED) is 0.638. The van der Waals surface area contributed by atoms with Crippen LogP contribution in [0.2, 0.25) is 0 Å². The van der Waals surface area contributed by atoms with E-state index in [9.17, 15) is 13.2 Å². The molecule has 0 radical (unpaired) electrons. The molecule has 0 saturated carbocycles. The van der Waals surface area contributed by atoms with E-state index in [2.05, 4.69) is 0 Å². The van der Waals surface area contributed by atoms with Gasteiger partial charge in [-0.1, -0.05) is 32.9 Å². The van der Waals surface area contributed by atoms with Gasteiger partial charge in [-0.15, -0.1) is 0 Å². The van der Waals surface area contributed by atoms with E-state index in [4.69, 9.17) is 0 Å². The Labute approximate surface area is 114 Å². The average Bonchev–Trinajstić information content (AvgIpc) is 2.18. The van der Waals surface area contributed by atoms with Crippen molar-refractivity contribution in [2.75, 3.05) is 0 Å². The number of alkyl halides is 3. The first-order chi connectivity index (χ1) is 8.28. The normalized spacial score (nSPS) is 13.8. The molecule has 0 nitrogen and oxygen atoms in total. The number of benzene rings is 1. The van der Waals surface area contributed by atoms with Crippen LogP contribution in [0.25, 0.3) is 0 Å². The van der Waals surface area contributed by atoms with Gasteiger partial charge in [0.05, 0.1) is 5.41 Å². The zero-order valence-corrected chi connectivity index (χ0v) is 12.8. The van der Waals surface area contributed by atoms with Gasteiger partial charge in [-0.3, -0.25) is 0 Å². The van der Waals surface area contributed by atoms with Crippen LogP contribution in [0.3, 0.4) is 0 Å². The van der Waals surface area contributed by atoms with E-state index in [-0.39, 0.29) is 5.41 Å². The van der Waals surface area contributed by atoms with Crippen LogP contribution in [0.1, 0.15) is 56.9 Å². The molecule has 1 aromatic rings. The Morgan fingerprint density at radius 2 is 1.32 bits per heavy atom. The lowest BCUT2D eigenvalue weighted by Gasteiger charge is -2.32. The lowest BCUT2D eigenvalue weighted by molar-refractivity contribution is -0.180. The van der Waals surface area contributed by atoms with Crippen molar-refractivity contribution in [3.05, 3.63) is 34.4 Å². The van der Waals surface area contributed by atoms with Gasteiger partial charge in [0, 0.05) is 0 Å². The summed E-state index contributed by atoms with van der Waals surface area (Å²) in [7, 11) is 0. The van der Waals surface area contributed by atoms with Crippen LogP contribution in [0.4, 0.5) is 13.2 Å². The van der Waals surface area contributed by atoms with Gasteiger partial charge in [0.15, 0.2) is 0 Å². The number of rotatable bonds is 1. The van der Waals surface area contributed by atoms with Gasteiger partial charge in [-0.2, -0.15) is 13.2 Å². The molecule has 0 spiro atoms. The largest absolute Gasteiger partial charge is 0.397 e. The van der Waals surface area contributed by atoms with Crippen LogP contribution in [0.5, 0.6) is 0 Å². The van der Waals surface area contributed by atoms with Crippen molar-refractivity contribution in [3.63, 3.8) is 0 Å². The summed E-state index contributed by atoms with van der Waals surface area (Å²) in [5.41, 5.74) is 1.33. The van der Waals surface area contributed by atoms with Crippen molar-refractivity contribution in [1.29, 1.82) is 0 Å². The Kier molecular flexibility index (Phi) is 3.83. The van der Waals surface area contributed by atoms with Crippen molar-refractivity contribution in [3.8, 4) is 0 Å². The van der Waals surface area contributed by atoms with E-state index < -0.39 is 11.6 Å². The monoisotopic (exact) mass is 272 g/mol. The zero-order valence-electron chi connectivity index (χ0n) is 12.8. The van der Waals surface area contributed by atoms with Gasteiger partial charge in [0.1, 0.15) is 0 Å². The molecular formula is C16H23F3. The molecule has 108 valence electrons. The predicted octanol–water partition coefficient (Wildman–Crippen LogP) is 5.44. The molecule has 0 aliphatic carbocycles. The van der Waals surface area contributed by atoms with Crippen molar-refractivity contribution in [1.82, 2.24) is 0 Å². The minimum Gasteiger partial charge on any atom is -0.170 e. The highest BCUT2D eigenvalue weighted by atomic mass is 19.4. The third kappa shape index (κ3) is 2.96. The van der Waals surface area contributed by atoms with Crippen molar-refractivity contribution in [2.45, 2.75) is 65.5 Å². The average molecular weight is 272 g/mol. The van der Waals surface area contributed by atoms with Gasteiger partial charge in [-0.25, -0.2) is 0 Å². The van der Waals surface area contributed by atoms with Gasteiger partial charge in [0.25, 0.3) is 0 Å². The van der Waals surface area contributed by atoms with Crippen molar-refractivity contribution in [2.24, 2.45) is 0 Å². The highest BCUT2D eigenvalue weighted by molar-refractivity contribution is 5.44. The van der Waals surface area contributed by atoms with Gasteiger partial charge in [0.2, 0.25) is 0 Å². The molecule has 0 amide bonds. The number of hydrogen-bond acceptors (Lipinski definition) is 0. The van der Waals surface area contributed by atoms with Gasteiger partial charge in [-0.05, 0) is 55.4 Å². The molecule has 0 atom stereocenters. The maximum absolute atomic E-state index is 13.2. The smallest absolute Gasteiger partial charge is 0.170 e. The van der Waals surface area contributed by atoms with E-state index in [0.717, 1.165) is 16.7 Å². The van der Waals surface area contributed by atoms with Gasteiger partial charge < -0.3 is 0 Å². The second kappa shape index (κ2) is 4.53. The molecule has 1 rings (SSSR count). The Hall–Kier alpha value is -0.990. The van der Waals surface area contributed by atoms with Crippen molar-refractivity contribution < 1.29 is 13.2 Å². The Bertz CT molecular complexity index is 474. The fraction of sp³-hybridized carbons (Fsp3) is 0.625. The molecular weight excluding hydrogens is 249 g/mol. The number of aryl methyl sites for hydroxylation is 1. The number of halogens is 3. The summed E-state index contributed by atoms with van der Waals surface area (Å²) in [6.45, 7) is 12.4. The molecule has 0 bridgehead atoms. The van der Waals surface area contributed by atoms with Crippen LogP contribution in [-0.4, -0.2) is 6.18 Å². The summed E-state index contributed by atoms with van der Waals surface area (Å²) in [4.78, 5) is 0. The van der Waals surface area contributed by atoms with E-state index in [1.54, 1.807) is 12.1 Å². The molecule has 0 unspecified atom stereocenters. The fourth-order valence-electron chi connectivity index (χ4n) is 2.16. The fourth-order valence-corrected chi connectivity index (χ4v) is 2.16. The first kappa shape index (κ1) is 16.1. The summed E-state index contributed by atoms with van der Waals surface area (Å²) < 4.78 is 39.5. The molecule has 0 heterocycles. The summed E-state index contributed by atoms with van der Waals surface area (Å²) in [5.74, 6) is 0. The second-order valence-electron chi connectivity index (χ2n) is 6.84. The number of hydrogen-bond donors (Lipinski definition) is 0. The maximum atomic E-state index is 13.2. The van der Waals surface area contributed by atoms with Crippen LogP contribution in [0.15, 0.2) is 12.1 Å². The van der Waals surface area contributed by atoms with E-state index >= 15 is 0 Å². The van der Waals surface area contributed by atoms with Crippen LogP contribution < -0.4 is 0 Å². The molecule has 0 aliphatic heterocycles. The van der Waals surface area contributed by atoms with Crippen LogP contribution in [-0.2, 0) is 10.8 Å². The topological polar surface area (TPSA) is 0 Å². The highest BCUT2D eigenvalue weighted by Gasteiger charge is 2.48. The lowest BCUT2D eigenvalue weighted by Crippen LogP contribution is -2.36. The Morgan fingerprint density at radius 3 is 1.68 bits per heavy atom. The molecule has 19 heavy (non-hydrogen) atoms. The van der Waals surface area contributed by atoms with Gasteiger partial charge >= 0.3 is 6.18 Å². The first-order valence-corrected chi connectivity index (χ1v) is 6.47. The molecule has 0 saturated heterocycles. The second-order valence-corrected chi connectivity index (χ2v) is 6.84. The van der Waals surface area contributed by atoms with Crippen LogP contribution >= 0.6 is 0 Å².